The summed E-state index contributed by atoms with van der Waals surface area (Å²) in [4.78, 5) is 3.52. The van der Waals surface area contributed by atoms with Crippen molar-refractivity contribution >= 4 is 17.4 Å². The summed E-state index contributed by atoms with van der Waals surface area (Å²) >= 11 is 1.69. The van der Waals surface area contributed by atoms with Gasteiger partial charge in [-0.2, -0.15) is 0 Å². The number of hydrogen-bond donors (Lipinski definition) is 2. The molecule has 2 N–H and O–H groups in total. The summed E-state index contributed by atoms with van der Waals surface area (Å²) in [7, 11) is 1.74. The van der Waals surface area contributed by atoms with Gasteiger partial charge in [-0.3, -0.25) is 0 Å². The number of β-amino-alcohol motifs (C(OH)–C–C–N with tert-alkyl or cyclic N) is 1. The summed E-state index contributed by atoms with van der Waals surface area (Å²) in [6.07, 6.45) is 2.32. The van der Waals surface area contributed by atoms with Crippen molar-refractivity contribution in [2.24, 2.45) is 0 Å². The molecule has 0 amide bonds. The third kappa shape index (κ3) is 7.07. The number of anilines is 1. The fraction of sp³-hybridized carbons (Fsp3) is 0.419. The molecular formula is C31H38N2O5S. The van der Waals surface area contributed by atoms with Crippen molar-refractivity contribution in [2.45, 2.75) is 36.0 Å². The van der Waals surface area contributed by atoms with Crippen LogP contribution < -0.4 is 19.7 Å². The third-order valence-corrected chi connectivity index (χ3v) is 8.00. The second kappa shape index (κ2) is 13.5. The Hall–Kier alpha value is -2.75. The first-order valence-electron chi connectivity index (χ1n) is 13.6. The van der Waals surface area contributed by atoms with Crippen molar-refractivity contribution in [3.05, 3.63) is 77.9 Å². The Kier molecular flexibility index (Phi) is 9.66. The number of hydrogen-bond acceptors (Lipinski definition) is 8. The molecule has 208 valence electrons. The summed E-state index contributed by atoms with van der Waals surface area (Å²) in [6, 6.07) is 22.3. The molecule has 0 unspecified atom stereocenters. The molecule has 2 aliphatic heterocycles. The first-order valence-corrected chi connectivity index (χ1v) is 14.8. The van der Waals surface area contributed by atoms with Crippen LogP contribution >= 0.6 is 11.8 Å². The normalized spacial score (nSPS) is 20.8. The molecular weight excluding hydrogens is 512 g/mol. The van der Waals surface area contributed by atoms with Gasteiger partial charge in [-0.15, -0.1) is 11.8 Å². The highest BCUT2D eigenvalue weighted by atomic mass is 32.2. The molecule has 39 heavy (non-hydrogen) atoms. The van der Waals surface area contributed by atoms with Gasteiger partial charge in [0.15, 0.2) is 0 Å². The molecule has 0 spiro atoms. The molecule has 0 radical (unpaired) electrons. The topological polar surface area (TPSA) is 72.4 Å². The van der Waals surface area contributed by atoms with Gasteiger partial charge in [0.1, 0.15) is 23.9 Å². The van der Waals surface area contributed by atoms with Crippen molar-refractivity contribution in [3.8, 4) is 17.2 Å². The van der Waals surface area contributed by atoms with Crippen LogP contribution in [0.5, 0.6) is 17.2 Å². The highest BCUT2D eigenvalue weighted by molar-refractivity contribution is 7.98. The van der Waals surface area contributed by atoms with Gasteiger partial charge in [0.2, 0.25) is 0 Å². The molecule has 3 atom stereocenters. The maximum atomic E-state index is 10.9. The van der Waals surface area contributed by atoms with E-state index in [1.807, 2.05) is 48.5 Å². The van der Waals surface area contributed by atoms with Gasteiger partial charge in [-0.25, -0.2) is 0 Å². The number of thioether (sulfide) groups is 1. The van der Waals surface area contributed by atoms with Crippen molar-refractivity contribution < 1.29 is 24.1 Å². The largest absolute Gasteiger partial charge is 0.490 e. The van der Waals surface area contributed by atoms with E-state index in [1.165, 1.54) is 0 Å². The number of methoxy groups -OCH3 is 1. The molecule has 0 saturated carbocycles. The molecule has 8 heteroatoms. The second-order valence-corrected chi connectivity index (χ2v) is 10.8. The van der Waals surface area contributed by atoms with Crippen molar-refractivity contribution in [1.82, 2.24) is 5.32 Å². The lowest BCUT2D eigenvalue weighted by Crippen LogP contribution is -2.49. The minimum Gasteiger partial charge on any atom is -0.490 e. The van der Waals surface area contributed by atoms with Crippen molar-refractivity contribution in [2.75, 3.05) is 57.7 Å². The SMILES string of the molecule is COCCCN1CCOc2ccc(CO[C@H]3CNC[C@@H](O)[C@@H]3c3ccc(Oc4cccc(SC)c4)cc3)cc21. The summed E-state index contributed by atoms with van der Waals surface area (Å²) in [5.41, 5.74) is 3.24. The van der Waals surface area contributed by atoms with E-state index in [2.05, 4.69) is 34.7 Å². The number of rotatable bonds is 11. The van der Waals surface area contributed by atoms with Crippen LogP contribution in [0.3, 0.4) is 0 Å². The molecule has 2 aliphatic rings. The fourth-order valence-corrected chi connectivity index (χ4v) is 5.73. The number of nitrogens with one attached hydrogen (secondary N) is 1. The number of benzene rings is 3. The summed E-state index contributed by atoms with van der Waals surface area (Å²) in [6.45, 7) is 4.91. The number of piperidine rings is 1. The highest BCUT2D eigenvalue weighted by Gasteiger charge is 2.34. The van der Waals surface area contributed by atoms with E-state index in [1.54, 1.807) is 18.9 Å². The molecule has 0 aliphatic carbocycles. The van der Waals surface area contributed by atoms with Gasteiger partial charge in [0.05, 0.1) is 31.0 Å². The van der Waals surface area contributed by atoms with Gasteiger partial charge in [-0.05, 0) is 66.3 Å². The Morgan fingerprint density at radius 3 is 2.74 bits per heavy atom. The first kappa shape index (κ1) is 27.8. The zero-order chi connectivity index (χ0) is 27.0. The van der Waals surface area contributed by atoms with Gasteiger partial charge < -0.3 is 34.3 Å². The van der Waals surface area contributed by atoms with Crippen LogP contribution in [0.1, 0.15) is 23.5 Å². The standard InChI is InChI=1S/C31H38N2O5S/c1-35-15-4-13-33-14-16-36-29-12-7-22(17-27(29)33)21-37-30-20-32-19-28(34)31(30)23-8-10-24(11-9-23)38-25-5-3-6-26(18-25)39-2/h3,5-12,17-18,28,30-32,34H,4,13-16,19-21H2,1-2H3/t28-,30+,31+/m1/s1. The molecule has 3 aromatic carbocycles. The Balaban J connectivity index is 1.25. The van der Waals surface area contributed by atoms with E-state index in [9.17, 15) is 5.11 Å². The summed E-state index contributed by atoms with van der Waals surface area (Å²) in [5.74, 6) is 2.36. The maximum absolute atomic E-state index is 10.9. The molecule has 5 rings (SSSR count). The molecule has 0 aromatic heterocycles. The number of aliphatic hydroxyl groups is 1. The zero-order valence-electron chi connectivity index (χ0n) is 22.7. The average molecular weight is 551 g/mol. The average Bonchev–Trinajstić information content (AvgIpc) is 2.97. The van der Waals surface area contributed by atoms with Crippen LogP contribution in [0.15, 0.2) is 71.6 Å². The predicted octanol–water partition coefficient (Wildman–Crippen LogP) is 5.07. The number of nitrogens with zero attached hydrogens (tertiary/aromatic N) is 1. The Morgan fingerprint density at radius 2 is 1.92 bits per heavy atom. The Bertz CT molecular complexity index is 1210. The lowest BCUT2D eigenvalue weighted by molar-refractivity contribution is -0.0328. The highest BCUT2D eigenvalue weighted by Crippen LogP contribution is 2.35. The van der Waals surface area contributed by atoms with Crippen LogP contribution in [0.25, 0.3) is 0 Å². The third-order valence-electron chi connectivity index (χ3n) is 7.28. The van der Waals surface area contributed by atoms with Crippen LogP contribution in [0.4, 0.5) is 5.69 Å². The molecule has 7 nitrogen and oxygen atoms in total. The summed E-state index contributed by atoms with van der Waals surface area (Å²) < 4.78 is 23.6. The van der Waals surface area contributed by atoms with Crippen molar-refractivity contribution in [1.29, 1.82) is 0 Å². The van der Waals surface area contributed by atoms with Gasteiger partial charge in [0, 0.05) is 44.2 Å². The van der Waals surface area contributed by atoms with E-state index in [-0.39, 0.29) is 12.0 Å². The van der Waals surface area contributed by atoms with Crippen LogP contribution in [0.2, 0.25) is 0 Å². The zero-order valence-corrected chi connectivity index (χ0v) is 23.5. The predicted molar refractivity (Wildman–Crippen MR) is 156 cm³/mol. The second-order valence-electron chi connectivity index (χ2n) is 9.93. The van der Waals surface area contributed by atoms with Crippen molar-refractivity contribution in [3.63, 3.8) is 0 Å². The number of fused-ring (bicyclic) bond motifs is 1. The van der Waals surface area contributed by atoms with Gasteiger partial charge in [-0.1, -0.05) is 24.3 Å². The summed E-state index contributed by atoms with van der Waals surface area (Å²) in [5, 5.41) is 14.3. The number of aliphatic hydroxyl groups excluding tert-OH is 1. The Morgan fingerprint density at radius 1 is 1.05 bits per heavy atom. The minimum atomic E-state index is -0.540. The van der Waals surface area contributed by atoms with E-state index in [0.717, 1.165) is 65.1 Å². The number of ether oxygens (including phenoxy) is 4. The lowest BCUT2D eigenvalue weighted by atomic mass is 9.85. The Labute approximate surface area is 235 Å². The quantitative estimate of drug-likeness (QED) is 0.253. The van der Waals surface area contributed by atoms with E-state index in [4.69, 9.17) is 18.9 Å². The van der Waals surface area contributed by atoms with Gasteiger partial charge in [0.25, 0.3) is 0 Å². The molecule has 3 aromatic rings. The molecule has 1 saturated heterocycles. The van der Waals surface area contributed by atoms with Crippen LogP contribution in [0, 0.1) is 0 Å². The first-order chi connectivity index (χ1) is 19.1. The van der Waals surface area contributed by atoms with E-state index in [0.29, 0.717) is 26.3 Å². The van der Waals surface area contributed by atoms with Crippen LogP contribution in [-0.2, 0) is 16.1 Å². The monoisotopic (exact) mass is 550 g/mol. The molecule has 0 bridgehead atoms. The smallest absolute Gasteiger partial charge is 0.142 e. The van der Waals surface area contributed by atoms with Crippen LogP contribution in [-0.4, -0.2) is 70.1 Å². The molecule has 1 fully saturated rings. The fourth-order valence-electron chi connectivity index (χ4n) is 5.28. The molecule has 2 heterocycles. The lowest BCUT2D eigenvalue weighted by Gasteiger charge is -2.36. The van der Waals surface area contributed by atoms with E-state index < -0.39 is 6.10 Å². The minimum absolute atomic E-state index is 0.133. The van der Waals surface area contributed by atoms with E-state index >= 15 is 0 Å². The van der Waals surface area contributed by atoms with Gasteiger partial charge >= 0.3 is 0 Å². The maximum Gasteiger partial charge on any atom is 0.142 e.